The van der Waals surface area contributed by atoms with Crippen LogP contribution in [0.5, 0.6) is 0 Å². The lowest BCUT2D eigenvalue weighted by molar-refractivity contribution is -0.203. The fourth-order valence-electron chi connectivity index (χ4n) is 4.78. The van der Waals surface area contributed by atoms with Crippen molar-refractivity contribution in [1.29, 1.82) is 0 Å². The highest BCUT2D eigenvalue weighted by molar-refractivity contribution is 5.11. The van der Waals surface area contributed by atoms with Gasteiger partial charge in [-0.2, -0.15) is 0 Å². The second-order valence-corrected chi connectivity index (χ2v) is 5.48. The van der Waals surface area contributed by atoms with Gasteiger partial charge in [-0.25, -0.2) is 0 Å². The Labute approximate surface area is 78.3 Å². The van der Waals surface area contributed by atoms with Crippen molar-refractivity contribution >= 4 is 0 Å². The maximum Gasteiger partial charge on any atom is 0.169 e. The molecule has 6 atom stereocenters. The third kappa shape index (κ3) is 0.668. The second-order valence-electron chi connectivity index (χ2n) is 5.48. The second kappa shape index (κ2) is 1.96. The topological polar surface area (TPSA) is 29.5 Å². The molecule has 1 heterocycles. The molecule has 0 unspecified atom stereocenters. The van der Waals surface area contributed by atoms with Gasteiger partial charge >= 0.3 is 0 Å². The molecule has 0 amide bonds. The van der Waals surface area contributed by atoms with E-state index in [1.807, 2.05) is 0 Å². The highest BCUT2D eigenvalue weighted by Crippen LogP contribution is 2.65. The van der Waals surface area contributed by atoms with Crippen molar-refractivity contribution in [2.75, 3.05) is 0 Å². The lowest BCUT2D eigenvalue weighted by atomic mass is 9.88. The van der Waals surface area contributed by atoms with Gasteiger partial charge in [-0.3, -0.25) is 0 Å². The molecule has 0 bridgehead atoms. The molecule has 0 radical (unpaired) electrons. The summed E-state index contributed by atoms with van der Waals surface area (Å²) in [6, 6.07) is 0. The maximum absolute atomic E-state index is 10.3. The van der Waals surface area contributed by atoms with Crippen molar-refractivity contribution in [1.82, 2.24) is 0 Å². The van der Waals surface area contributed by atoms with E-state index in [2.05, 4.69) is 0 Å². The molecule has 4 aliphatic rings. The van der Waals surface area contributed by atoms with Gasteiger partial charge in [0.25, 0.3) is 0 Å². The first-order valence-electron chi connectivity index (χ1n) is 5.68. The predicted octanol–water partition coefficient (Wildman–Crippen LogP) is 1.53. The maximum atomic E-state index is 10.3. The van der Waals surface area contributed by atoms with Gasteiger partial charge in [-0.15, -0.1) is 0 Å². The summed E-state index contributed by atoms with van der Waals surface area (Å²) in [5, 5.41) is 10.3. The van der Waals surface area contributed by atoms with E-state index in [1.165, 1.54) is 25.7 Å². The summed E-state index contributed by atoms with van der Waals surface area (Å²) in [5.41, 5.74) is 0. The van der Waals surface area contributed by atoms with Crippen LogP contribution in [0.4, 0.5) is 0 Å². The lowest BCUT2D eigenvalue weighted by Crippen LogP contribution is -2.32. The molecule has 72 valence electrons. The fourth-order valence-corrected chi connectivity index (χ4v) is 4.78. The molecule has 1 aliphatic heterocycles. The molecule has 2 heteroatoms. The molecular formula is C11H16O2. The van der Waals surface area contributed by atoms with E-state index in [9.17, 15) is 5.11 Å². The standard InChI is InChI=1S/C11H16O2/c12-11-4-3-7-5-6-1-2-8(13-11)9(6)10(7)11/h6-10,12H,1-5H2/t6-,7+,8-,9+,10-,11+/m0/s1. The van der Waals surface area contributed by atoms with E-state index >= 15 is 0 Å². The van der Waals surface area contributed by atoms with Crippen LogP contribution in [0.25, 0.3) is 0 Å². The first-order chi connectivity index (χ1) is 6.28. The highest BCUT2D eigenvalue weighted by atomic mass is 16.6. The zero-order valence-electron chi connectivity index (χ0n) is 7.78. The van der Waals surface area contributed by atoms with Crippen molar-refractivity contribution in [3.05, 3.63) is 0 Å². The summed E-state index contributed by atoms with van der Waals surface area (Å²) in [5.74, 6) is 2.26. The van der Waals surface area contributed by atoms with Crippen molar-refractivity contribution in [2.24, 2.45) is 23.7 Å². The Bertz CT molecular complexity index is 265. The van der Waals surface area contributed by atoms with E-state index < -0.39 is 5.79 Å². The van der Waals surface area contributed by atoms with Crippen LogP contribution < -0.4 is 0 Å². The summed E-state index contributed by atoms with van der Waals surface area (Å²) in [6.07, 6.45) is 6.49. The number of hydrogen-bond donors (Lipinski definition) is 1. The van der Waals surface area contributed by atoms with Gasteiger partial charge < -0.3 is 9.84 Å². The SMILES string of the molecule is O[C@]12CC[C@@H]3C[C@@H]4CC[C@H](O1)[C@@H]4[C@H]32. The number of hydrogen-bond acceptors (Lipinski definition) is 2. The quantitative estimate of drug-likeness (QED) is 0.612. The number of ether oxygens (including phenoxy) is 1. The van der Waals surface area contributed by atoms with Gasteiger partial charge in [-0.1, -0.05) is 0 Å². The largest absolute Gasteiger partial charge is 0.365 e. The molecule has 0 spiro atoms. The Balaban J connectivity index is 1.83. The first-order valence-corrected chi connectivity index (χ1v) is 5.68. The molecule has 0 aromatic rings. The molecule has 13 heavy (non-hydrogen) atoms. The molecule has 1 N–H and O–H groups in total. The van der Waals surface area contributed by atoms with Crippen LogP contribution in [0, 0.1) is 23.7 Å². The Morgan fingerprint density at radius 2 is 2.08 bits per heavy atom. The summed E-state index contributed by atoms with van der Waals surface area (Å²) in [4.78, 5) is 0. The Morgan fingerprint density at radius 3 is 3.00 bits per heavy atom. The molecule has 3 aliphatic carbocycles. The lowest BCUT2D eigenvalue weighted by Gasteiger charge is -2.23. The average Bonchev–Trinajstić information content (AvgIpc) is 2.70. The molecular weight excluding hydrogens is 164 g/mol. The van der Waals surface area contributed by atoms with Crippen LogP contribution in [0.2, 0.25) is 0 Å². The van der Waals surface area contributed by atoms with Crippen LogP contribution >= 0.6 is 0 Å². The van der Waals surface area contributed by atoms with Crippen molar-refractivity contribution in [2.45, 2.75) is 44.0 Å². The summed E-state index contributed by atoms with van der Waals surface area (Å²) in [7, 11) is 0. The van der Waals surface area contributed by atoms with E-state index in [0.717, 1.165) is 24.2 Å². The zero-order valence-corrected chi connectivity index (χ0v) is 7.78. The van der Waals surface area contributed by atoms with Crippen molar-refractivity contribution in [3.63, 3.8) is 0 Å². The van der Waals surface area contributed by atoms with Crippen LogP contribution in [-0.4, -0.2) is 17.0 Å². The first kappa shape index (κ1) is 7.24. The van der Waals surface area contributed by atoms with Gasteiger partial charge in [0.15, 0.2) is 5.79 Å². The Kier molecular flexibility index (Phi) is 1.09. The molecule has 3 saturated carbocycles. The van der Waals surface area contributed by atoms with E-state index in [-0.39, 0.29) is 0 Å². The number of rotatable bonds is 0. The number of aliphatic hydroxyl groups is 1. The summed E-state index contributed by atoms with van der Waals surface area (Å²) < 4.78 is 5.85. The van der Waals surface area contributed by atoms with E-state index in [1.54, 1.807) is 0 Å². The molecule has 0 aromatic carbocycles. The van der Waals surface area contributed by atoms with Gasteiger partial charge in [0.2, 0.25) is 0 Å². The minimum atomic E-state index is -0.685. The average molecular weight is 180 g/mol. The molecule has 2 nitrogen and oxygen atoms in total. The molecule has 4 rings (SSSR count). The normalized spacial score (nSPS) is 67.6. The van der Waals surface area contributed by atoms with E-state index in [4.69, 9.17) is 4.74 Å². The Morgan fingerprint density at radius 1 is 1.15 bits per heavy atom. The third-order valence-corrected chi connectivity index (χ3v) is 5.07. The molecule has 1 saturated heterocycles. The van der Waals surface area contributed by atoms with Crippen LogP contribution in [0.1, 0.15) is 32.1 Å². The summed E-state index contributed by atoms with van der Waals surface area (Å²) >= 11 is 0. The van der Waals surface area contributed by atoms with Gasteiger partial charge in [0.1, 0.15) is 0 Å². The zero-order chi connectivity index (χ0) is 8.63. The molecule has 4 fully saturated rings. The fraction of sp³-hybridized carbons (Fsp3) is 1.00. The van der Waals surface area contributed by atoms with E-state index in [0.29, 0.717) is 12.0 Å². The van der Waals surface area contributed by atoms with Gasteiger partial charge in [0.05, 0.1) is 6.10 Å². The van der Waals surface area contributed by atoms with Crippen molar-refractivity contribution < 1.29 is 9.84 Å². The minimum Gasteiger partial charge on any atom is -0.365 e. The van der Waals surface area contributed by atoms with Gasteiger partial charge in [0, 0.05) is 12.3 Å². The van der Waals surface area contributed by atoms with Crippen LogP contribution in [-0.2, 0) is 4.74 Å². The Hall–Kier alpha value is -0.0800. The van der Waals surface area contributed by atoms with Crippen LogP contribution in [0.3, 0.4) is 0 Å². The van der Waals surface area contributed by atoms with Crippen molar-refractivity contribution in [3.8, 4) is 0 Å². The van der Waals surface area contributed by atoms with Crippen LogP contribution in [0.15, 0.2) is 0 Å². The monoisotopic (exact) mass is 180 g/mol. The summed E-state index contributed by atoms with van der Waals surface area (Å²) in [6.45, 7) is 0. The smallest absolute Gasteiger partial charge is 0.169 e. The highest BCUT2D eigenvalue weighted by Gasteiger charge is 2.67. The van der Waals surface area contributed by atoms with Gasteiger partial charge in [-0.05, 0) is 43.4 Å². The minimum absolute atomic E-state index is 0.422. The third-order valence-electron chi connectivity index (χ3n) is 5.07. The molecule has 0 aromatic heterocycles. The predicted molar refractivity (Wildman–Crippen MR) is 46.9 cm³/mol.